The van der Waals surface area contributed by atoms with Crippen molar-refractivity contribution < 1.29 is 19.0 Å². The normalized spacial score (nSPS) is 10.5. The van der Waals surface area contributed by atoms with E-state index >= 15 is 0 Å². The number of amides is 1. The molecule has 3 aromatic rings. The summed E-state index contributed by atoms with van der Waals surface area (Å²) in [7, 11) is 0. The summed E-state index contributed by atoms with van der Waals surface area (Å²) in [5, 5.41) is 2.92. The number of carbonyl (C=O) groups is 1. The lowest BCUT2D eigenvalue weighted by molar-refractivity contribution is 0.102. The van der Waals surface area contributed by atoms with Crippen LogP contribution in [0.15, 0.2) is 77.3 Å². The van der Waals surface area contributed by atoms with E-state index in [0.717, 1.165) is 28.8 Å². The molecule has 0 radical (unpaired) electrons. The van der Waals surface area contributed by atoms with E-state index in [2.05, 4.69) is 28.2 Å². The predicted molar refractivity (Wildman–Crippen MR) is 136 cm³/mol. The minimum atomic E-state index is -0.199. The molecular formula is C27H30BrNO4. The zero-order valence-electron chi connectivity index (χ0n) is 18.9. The fourth-order valence-corrected chi connectivity index (χ4v) is 3.67. The van der Waals surface area contributed by atoms with E-state index < -0.39 is 0 Å². The van der Waals surface area contributed by atoms with Crippen LogP contribution in [0.2, 0.25) is 0 Å². The molecule has 5 nitrogen and oxygen atoms in total. The van der Waals surface area contributed by atoms with Gasteiger partial charge in [-0.15, -0.1) is 0 Å². The van der Waals surface area contributed by atoms with Crippen LogP contribution in [-0.2, 0) is 0 Å². The number of halogens is 1. The van der Waals surface area contributed by atoms with Crippen LogP contribution < -0.4 is 19.5 Å². The van der Waals surface area contributed by atoms with Crippen molar-refractivity contribution in [1.82, 2.24) is 0 Å². The maximum Gasteiger partial charge on any atom is 0.255 e. The molecule has 3 aromatic carbocycles. The summed E-state index contributed by atoms with van der Waals surface area (Å²) in [5.74, 6) is 2.02. The molecule has 6 heteroatoms. The average molecular weight is 512 g/mol. The molecule has 0 aliphatic carbocycles. The Labute approximate surface area is 204 Å². The number of ether oxygens (including phenoxy) is 3. The number of rotatable bonds is 13. The minimum Gasteiger partial charge on any atom is -0.492 e. The van der Waals surface area contributed by atoms with Gasteiger partial charge >= 0.3 is 0 Å². The molecule has 0 atom stereocenters. The minimum absolute atomic E-state index is 0.199. The van der Waals surface area contributed by atoms with Gasteiger partial charge in [0.2, 0.25) is 0 Å². The quantitative estimate of drug-likeness (QED) is 0.248. The van der Waals surface area contributed by atoms with Crippen molar-refractivity contribution in [2.75, 3.05) is 25.1 Å². The molecule has 0 aromatic heterocycles. The molecule has 174 valence electrons. The Balaban J connectivity index is 1.48. The summed E-state index contributed by atoms with van der Waals surface area (Å²) in [6, 6.07) is 22.3. The fraction of sp³-hybridized carbons (Fsp3) is 0.296. The van der Waals surface area contributed by atoms with Crippen LogP contribution in [0.5, 0.6) is 17.2 Å². The molecule has 0 heterocycles. The Hall–Kier alpha value is -2.99. The van der Waals surface area contributed by atoms with Gasteiger partial charge in [-0.25, -0.2) is 0 Å². The van der Waals surface area contributed by atoms with Crippen molar-refractivity contribution in [2.24, 2.45) is 0 Å². The molecule has 0 aliphatic heterocycles. The van der Waals surface area contributed by atoms with Gasteiger partial charge in [0, 0.05) is 17.3 Å². The zero-order chi connectivity index (χ0) is 23.3. The molecule has 33 heavy (non-hydrogen) atoms. The Bertz CT molecular complexity index is 1010. The highest BCUT2D eigenvalue weighted by Crippen LogP contribution is 2.27. The van der Waals surface area contributed by atoms with Crippen LogP contribution in [0.1, 0.15) is 43.0 Å². The molecule has 0 fully saturated rings. The first-order valence-corrected chi connectivity index (χ1v) is 12.1. The monoisotopic (exact) mass is 511 g/mol. The van der Waals surface area contributed by atoms with Crippen LogP contribution in [0.25, 0.3) is 0 Å². The van der Waals surface area contributed by atoms with E-state index in [1.165, 1.54) is 12.8 Å². The number of hydrogen-bond acceptors (Lipinski definition) is 4. The van der Waals surface area contributed by atoms with Crippen LogP contribution in [0, 0.1) is 0 Å². The molecule has 0 bridgehead atoms. The Kier molecular flexibility index (Phi) is 10.1. The summed E-state index contributed by atoms with van der Waals surface area (Å²) >= 11 is 3.51. The van der Waals surface area contributed by atoms with Crippen molar-refractivity contribution >= 4 is 27.5 Å². The van der Waals surface area contributed by atoms with Gasteiger partial charge in [0.15, 0.2) is 0 Å². The van der Waals surface area contributed by atoms with Gasteiger partial charge in [0.25, 0.3) is 5.91 Å². The van der Waals surface area contributed by atoms with Crippen molar-refractivity contribution in [3.8, 4) is 17.2 Å². The lowest BCUT2D eigenvalue weighted by Crippen LogP contribution is -2.12. The van der Waals surface area contributed by atoms with Crippen molar-refractivity contribution in [2.45, 2.75) is 32.6 Å². The van der Waals surface area contributed by atoms with E-state index in [0.29, 0.717) is 36.8 Å². The topological polar surface area (TPSA) is 56.8 Å². The number of carbonyl (C=O) groups excluding carboxylic acids is 1. The van der Waals surface area contributed by atoms with Gasteiger partial charge in [-0.2, -0.15) is 0 Å². The van der Waals surface area contributed by atoms with Gasteiger partial charge in [-0.1, -0.05) is 50.5 Å². The highest BCUT2D eigenvalue weighted by atomic mass is 79.9. The Morgan fingerprint density at radius 1 is 0.788 bits per heavy atom. The fourth-order valence-electron chi connectivity index (χ4n) is 3.17. The molecule has 3 rings (SSSR count). The second-order valence-corrected chi connectivity index (χ2v) is 8.40. The zero-order valence-corrected chi connectivity index (χ0v) is 20.5. The molecule has 0 saturated heterocycles. The first-order valence-electron chi connectivity index (χ1n) is 11.3. The number of unbranched alkanes of at least 4 members (excludes halogenated alkanes) is 3. The third kappa shape index (κ3) is 8.46. The number of benzene rings is 3. The number of hydrogen-bond donors (Lipinski definition) is 1. The maximum absolute atomic E-state index is 12.7. The summed E-state index contributed by atoms with van der Waals surface area (Å²) < 4.78 is 18.0. The highest BCUT2D eigenvalue weighted by Gasteiger charge is 2.10. The SMILES string of the molecule is CCCCCCOc1ccc(C(=O)Nc2cccc(OCCOc3ccccc3)c2)cc1Br. The number of anilines is 1. The molecule has 0 unspecified atom stereocenters. The van der Waals surface area contributed by atoms with Crippen LogP contribution >= 0.6 is 15.9 Å². The first kappa shape index (κ1) is 24.6. The van der Waals surface area contributed by atoms with E-state index in [9.17, 15) is 4.79 Å². The van der Waals surface area contributed by atoms with Gasteiger partial charge < -0.3 is 19.5 Å². The average Bonchev–Trinajstić information content (AvgIpc) is 2.83. The second-order valence-electron chi connectivity index (χ2n) is 7.55. The molecule has 0 aliphatic rings. The van der Waals surface area contributed by atoms with Crippen molar-refractivity contribution in [1.29, 1.82) is 0 Å². The molecule has 1 N–H and O–H groups in total. The molecule has 0 spiro atoms. The summed E-state index contributed by atoms with van der Waals surface area (Å²) in [5.41, 5.74) is 1.21. The first-order chi connectivity index (χ1) is 16.2. The van der Waals surface area contributed by atoms with E-state index in [-0.39, 0.29) is 5.91 Å². The second kappa shape index (κ2) is 13.5. The summed E-state index contributed by atoms with van der Waals surface area (Å²) in [4.78, 5) is 12.7. The number of nitrogens with one attached hydrogen (secondary N) is 1. The molecular weight excluding hydrogens is 482 g/mol. The Morgan fingerprint density at radius 3 is 2.30 bits per heavy atom. The van der Waals surface area contributed by atoms with Gasteiger partial charge in [0.1, 0.15) is 30.5 Å². The van der Waals surface area contributed by atoms with Crippen molar-refractivity contribution in [3.05, 3.63) is 82.8 Å². The maximum atomic E-state index is 12.7. The lowest BCUT2D eigenvalue weighted by Gasteiger charge is -2.11. The standard InChI is InChI=1S/C27H30BrNO4/c1-2-3-4-8-16-33-26-15-14-21(19-25(26)28)27(30)29-22-10-9-13-24(20-22)32-18-17-31-23-11-6-5-7-12-23/h5-7,9-15,19-20H,2-4,8,16-18H2,1H3,(H,29,30). The third-order valence-electron chi connectivity index (χ3n) is 4.91. The summed E-state index contributed by atoms with van der Waals surface area (Å²) in [6.45, 7) is 3.70. The van der Waals surface area contributed by atoms with E-state index in [1.54, 1.807) is 18.2 Å². The van der Waals surface area contributed by atoms with E-state index in [1.807, 2.05) is 54.6 Å². The van der Waals surface area contributed by atoms with Gasteiger partial charge in [0.05, 0.1) is 11.1 Å². The van der Waals surface area contributed by atoms with Gasteiger partial charge in [-0.05, 0) is 64.8 Å². The highest BCUT2D eigenvalue weighted by molar-refractivity contribution is 9.10. The largest absolute Gasteiger partial charge is 0.492 e. The molecule has 1 amide bonds. The van der Waals surface area contributed by atoms with Crippen LogP contribution in [-0.4, -0.2) is 25.7 Å². The Morgan fingerprint density at radius 2 is 1.55 bits per heavy atom. The lowest BCUT2D eigenvalue weighted by atomic mass is 10.2. The van der Waals surface area contributed by atoms with Crippen molar-refractivity contribution in [3.63, 3.8) is 0 Å². The van der Waals surface area contributed by atoms with Crippen LogP contribution in [0.4, 0.5) is 5.69 Å². The van der Waals surface area contributed by atoms with Crippen LogP contribution in [0.3, 0.4) is 0 Å². The predicted octanol–water partition coefficient (Wildman–Crippen LogP) is 7.12. The number of para-hydroxylation sites is 1. The van der Waals surface area contributed by atoms with Gasteiger partial charge in [-0.3, -0.25) is 4.79 Å². The van der Waals surface area contributed by atoms with E-state index in [4.69, 9.17) is 14.2 Å². The smallest absolute Gasteiger partial charge is 0.255 e. The summed E-state index contributed by atoms with van der Waals surface area (Å²) in [6.07, 6.45) is 4.61. The molecule has 0 saturated carbocycles. The third-order valence-corrected chi connectivity index (χ3v) is 5.53.